The molecule has 0 aromatic carbocycles. The van der Waals surface area contributed by atoms with Gasteiger partial charge in [0.2, 0.25) is 0 Å². The molecule has 0 heterocycles. The van der Waals surface area contributed by atoms with Crippen molar-refractivity contribution in [2.45, 2.75) is 24.4 Å². The first-order valence-electron chi connectivity index (χ1n) is 4.02. The fourth-order valence-electron chi connectivity index (χ4n) is 0.893. The summed E-state index contributed by atoms with van der Waals surface area (Å²) in [6.07, 6.45) is -5.65. The second kappa shape index (κ2) is 8.80. The molecule has 0 rings (SSSR count). The molecular formula is C7H17MgNO5. The molecule has 6 N–H and O–H groups in total. The number of aliphatic hydroxyl groups is 5. The average Bonchev–Trinajstić information content (AvgIpc) is 2.14. The van der Waals surface area contributed by atoms with Gasteiger partial charge in [-0.05, 0) is 7.05 Å². The number of aliphatic hydroxyl groups excluding tert-OH is 5. The van der Waals surface area contributed by atoms with Gasteiger partial charge in [-0.2, -0.15) is 0 Å². The van der Waals surface area contributed by atoms with E-state index in [4.69, 9.17) is 20.4 Å². The second-order valence-corrected chi connectivity index (χ2v) is 2.86. The molecule has 0 saturated carbocycles. The zero-order valence-corrected chi connectivity index (χ0v) is 9.58. The van der Waals surface area contributed by atoms with Crippen LogP contribution in [0.25, 0.3) is 0 Å². The second-order valence-electron chi connectivity index (χ2n) is 2.86. The van der Waals surface area contributed by atoms with Gasteiger partial charge in [0.05, 0.1) is 12.7 Å². The molecule has 0 unspecified atom stereocenters. The number of rotatable bonds is 6. The summed E-state index contributed by atoms with van der Waals surface area (Å²) in [5.74, 6) is 0. The molecule has 0 aromatic heterocycles. The summed E-state index contributed by atoms with van der Waals surface area (Å²) in [7, 11) is 1.57. The van der Waals surface area contributed by atoms with Gasteiger partial charge in [0.25, 0.3) is 0 Å². The number of hydrogen-bond acceptors (Lipinski definition) is 6. The number of hydrogen-bond donors (Lipinski definition) is 6. The van der Waals surface area contributed by atoms with Gasteiger partial charge in [-0.15, -0.1) is 0 Å². The Morgan fingerprint density at radius 1 is 1.00 bits per heavy atom. The van der Waals surface area contributed by atoms with E-state index in [-0.39, 0.29) is 29.6 Å². The lowest BCUT2D eigenvalue weighted by molar-refractivity contribution is -0.113. The van der Waals surface area contributed by atoms with Crippen LogP contribution < -0.4 is 5.32 Å². The van der Waals surface area contributed by atoms with Crippen LogP contribution in [-0.4, -0.2) is 93.2 Å². The summed E-state index contributed by atoms with van der Waals surface area (Å²) in [4.78, 5) is 0. The van der Waals surface area contributed by atoms with Crippen molar-refractivity contribution in [3.05, 3.63) is 0 Å². The summed E-state index contributed by atoms with van der Waals surface area (Å²) in [5.41, 5.74) is 0. The number of nitrogens with one attached hydrogen (secondary N) is 1. The van der Waals surface area contributed by atoms with E-state index < -0.39 is 31.0 Å². The molecule has 6 nitrogen and oxygen atoms in total. The SMILES string of the molecule is CNC[C@H](O)[C@@H](O)[C@H](O)[C@H](O)CO.[Mg]. The van der Waals surface area contributed by atoms with Crippen molar-refractivity contribution in [1.29, 1.82) is 0 Å². The van der Waals surface area contributed by atoms with Gasteiger partial charge in [-0.1, -0.05) is 0 Å². The predicted molar refractivity (Wildman–Crippen MR) is 50.8 cm³/mol. The molecule has 82 valence electrons. The third-order valence-corrected chi connectivity index (χ3v) is 1.74. The van der Waals surface area contributed by atoms with Crippen LogP contribution in [0.1, 0.15) is 0 Å². The normalized spacial score (nSPS) is 19.3. The zero-order chi connectivity index (χ0) is 10.4. The van der Waals surface area contributed by atoms with E-state index in [2.05, 4.69) is 5.32 Å². The molecule has 0 saturated heterocycles. The molecule has 0 bridgehead atoms. The molecule has 0 amide bonds. The molecule has 0 aliphatic rings. The van der Waals surface area contributed by atoms with Crippen molar-refractivity contribution in [3.63, 3.8) is 0 Å². The standard InChI is InChI=1S/C7H17NO5.Mg/c1-8-2-4(10)6(12)7(13)5(11)3-9;/h4-13H,2-3H2,1H3;/t4-,5+,6+,7+;/m0./s1. The summed E-state index contributed by atoms with van der Waals surface area (Å²) in [5, 5.41) is 47.5. The van der Waals surface area contributed by atoms with Crippen molar-refractivity contribution in [1.82, 2.24) is 5.32 Å². The average molecular weight is 220 g/mol. The summed E-state index contributed by atoms with van der Waals surface area (Å²) >= 11 is 0. The van der Waals surface area contributed by atoms with Gasteiger partial charge >= 0.3 is 0 Å². The molecular weight excluding hydrogens is 202 g/mol. The van der Waals surface area contributed by atoms with Crippen molar-refractivity contribution in [3.8, 4) is 0 Å². The first kappa shape index (κ1) is 16.9. The molecule has 4 atom stereocenters. The van der Waals surface area contributed by atoms with E-state index in [1.54, 1.807) is 7.05 Å². The highest BCUT2D eigenvalue weighted by atomic mass is 24.3. The molecule has 0 aliphatic carbocycles. The number of likely N-dealkylation sites (N-methyl/N-ethyl adjacent to an activating group) is 1. The summed E-state index contributed by atoms with van der Waals surface area (Å²) in [6.45, 7) is -0.569. The van der Waals surface area contributed by atoms with E-state index in [0.717, 1.165) is 0 Å². The van der Waals surface area contributed by atoms with Crippen LogP contribution >= 0.6 is 0 Å². The van der Waals surface area contributed by atoms with Crippen molar-refractivity contribution >= 4 is 23.1 Å². The van der Waals surface area contributed by atoms with Crippen LogP contribution in [0.3, 0.4) is 0 Å². The Kier molecular flexibility index (Phi) is 10.7. The van der Waals surface area contributed by atoms with Crippen LogP contribution in [0.15, 0.2) is 0 Å². The maximum Gasteiger partial charge on any atom is 0.111 e. The molecule has 14 heavy (non-hydrogen) atoms. The Labute approximate surface area is 98.7 Å². The van der Waals surface area contributed by atoms with E-state index in [0.29, 0.717) is 0 Å². The Balaban J connectivity index is 0. The molecule has 0 fully saturated rings. The van der Waals surface area contributed by atoms with E-state index in [1.807, 2.05) is 0 Å². The Morgan fingerprint density at radius 2 is 1.43 bits per heavy atom. The largest absolute Gasteiger partial charge is 0.394 e. The maximum atomic E-state index is 9.21. The van der Waals surface area contributed by atoms with Crippen molar-refractivity contribution in [2.75, 3.05) is 20.2 Å². The van der Waals surface area contributed by atoms with Gasteiger partial charge in [0.15, 0.2) is 0 Å². The highest BCUT2D eigenvalue weighted by Gasteiger charge is 2.29. The van der Waals surface area contributed by atoms with E-state index in [9.17, 15) is 5.11 Å². The molecule has 2 radical (unpaired) electrons. The molecule has 0 aromatic rings. The van der Waals surface area contributed by atoms with Crippen LogP contribution in [-0.2, 0) is 0 Å². The Hall–Kier alpha value is 0.526. The summed E-state index contributed by atoms with van der Waals surface area (Å²) < 4.78 is 0. The monoisotopic (exact) mass is 219 g/mol. The lowest BCUT2D eigenvalue weighted by Crippen LogP contribution is -2.48. The van der Waals surface area contributed by atoms with Gasteiger partial charge < -0.3 is 30.8 Å². The van der Waals surface area contributed by atoms with Crippen molar-refractivity contribution in [2.24, 2.45) is 0 Å². The molecule has 7 heteroatoms. The topological polar surface area (TPSA) is 113 Å². The van der Waals surface area contributed by atoms with Crippen LogP contribution in [0.5, 0.6) is 0 Å². The molecule has 0 aliphatic heterocycles. The lowest BCUT2D eigenvalue weighted by atomic mass is 10.0. The van der Waals surface area contributed by atoms with Crippen LogP contribution in [0.4, 0.5) is 0 Å². The minimum atomic E-state index is -1.55. The fraction of sp³-hybridized carbons (Fsp3) is 1.00. The van der Waals surface area contributed by atoms with E-state index >= 15 is 0 Å². The third kappa shape index (κ3) is 5.42. The van der Waals surface area contributed by atoms with Crippen LogP contribution in [0, 0.1) is 0 Å². The highest BCUT2D eigenvalue weighted by Crippen LogP contribution is 2.04. The maximum absolute atomic E-state index is 9.21. The predicted octanol–water partition coefficient (Wildman–Crippen LogP) is -3.74. The third-order valence-electron chi connectivity index (χ3n) is 1.74. The van der Waals surface area contributed by atoms with Crippen LogP contribution in [0.2, 0.25) is 0 Å². The summed E-state index contributed by atoms with van der Waals surface area (Å²) in [6, 6.07) is 0. The van der Waals surface area contributed by atoms with Gasteiger partial charge in [0, 0.05) is 29.6 Å². The Morgan fingerprint density at radius 3 is 1.79 bits per heavy atom. The van der Waals surface area contributed by atoms with Gasteiger partial charge in [0.1, 0.15) is 18.3 Å². The fourth-order valence-corrected chi connectivity index (χ4v) is 0.893. The zero-order valence-electron chi connectivity index (χ0n) is 8.17. The smallest absolute Gasteiger partial charge is 0.111 e. The first-order chi connectivity index (χ1) is 6.04. The van der Waals surface area contributed by atoms with Gasteiger partial charge in [-0.3, -0.25) is 0 Å². The van der Waals surface area contributed by atoms with Gasteiger partial charge in [-0.25, -0.2) is 0 Å². The lowest BCUT2D eigenvalue weighted by Gasteiger charge is -2.25. The van der Waals surface area contributed by atoms with E-state index in [1.165, 1.54) is 0 Å². The minimum absolute atomic E-state index is 0. The Bertz CT molecular complexity index is 139. The van der Waals surface area contributed by atoms with Crippen molar-refractivity contribution < 1.29 is 25.5 Å². The quantitative estimate of drug-likeness (QED) is 0.256. The molecule has 0 spiro atoms. The highest BCUT2D eigenvalue weighted by molar-refractivity contribution is 5.75. The first-order valence-corrected chi connectivity index (χ1v) is 4.02. The minimum Gasteiger partial charge on any atom is -0.394 e.